The normalized spacial score (nSPS) is 26.1. The van der Waals surface area contributed by atoms with Crippen molar-refractivity contribution in [1.29, 1.82) is 0 Å². The maximum atomic E-state index is 13.9. The van der Waals surface area contributed by atoms with Gasteiger partial charge in [-0.25, -0.2) is 8.78 Å². The van der Waals surface area contributed by atoms with Crippen molar-refractivity contribution in [3.63, 3.8) is 0 Å². The summed E-state index contributed by atoms with van der Waals surface area (Å²) in [6, 6.07) is 3.01. The summed E-state index contributed by atoms with van der Waals surface area (Å²) in [5.41, 5.74) is -0.112. The Balaban J connectivity index is 1.32. The molecule has 28 heavy (non-hydrogen) atoms. The lowest BCUT2D eigenvalue weighted by molar-refractivity contribution is -0.136. The van der Waals surface area contributed by atoms with E-state index >= 15 is 0 Å². The lowest BCUT2D eigenvalue weighted by Crippen LogP contribution is -2.45. The fraction of sp³-hybridized carbons (Fsp3) is 0.619. The summed E-state index contributed by atoms with van der Waals surface area (Å²) in [5, 5.41) is 3.45. The largest absolute Gasteiger partial charge is 0.342 e. The zero-order valence-corrected chi connectivity index (χ0v) is 16.0. The van der Waals surface area contributed by atoms with Crippen LogP contribution in [0.2, 0.25) is 0 Å². The Kier molecular flexibility index (Phi) is 5.62. The molecule has 3 aliphatic rings. The number of hydrogen-bond donors (Lipinski definition) is 1. The zero-order chi connectivity index (χ0) is 19.7. The molecule has 152 valence electrons. The van der Waals surface area contributed by atoms with Crippen molar-refractivity contribution in [2.75, 3.05) is 39.3 Å². The number of amides is 2. The molecule has 4 rings (SSSR count). The minimum absolute atomic E-state index is 0.0711. The smallest absolute Gasteiger partial charge is 0.256 e. The number of likely N-dealkylation sites (tertiary alicyclic amines) is 2. The monoisotopic (exact) mass is 391 g/mol. The highest BCUT2D eigenvalue weighted by Gasteiger charge is 2.35. The van der Waals surface area contributed by atoms with Crippen molar-refractivity contribution < 1.29 is 18.4 Å². The SMILES string of the molecule is O=C(c1ccc(F)cc1F)N1CCC(C(=O)N2CC[C@@H]3CNC[C@@H]3CC2)CC1. The van der Waals surface area contributed by atoms with E-state index in [0.29, 0.717) is 37.8 Å². The van der Waals surface area contributed by atoms with E-state index in [-0.39, 0.29) is 17.4 Å². The van der Waals surface area contributed by atoms with Crippen LogP contribution >= 0.6 is 0 Å². The van der Waals surface area contributed by atoms with E-state index in [4.69, 9.17) is 0 Å². The first-order chi connectivity index (χ1) is 13.5. The van der Waals surface area contributed by atoms with Gasteiger partial charge < -0.3 is 15.1 Å². The minimum atomic E-state index is -0.840. The maximum Gasteiger partial charge on any atom is 0.256 e. The van der Waals surface area contributed by atoms with Crippen LogP contribution in [0.4, 0.5) is 8.78 Å². The molecule has 1 aromatic rings. The summed E-state index contributed by atoms with van der Waals surface area (Å²) in [6.45, 7) is 4.62. The van der Waals surface area contributed by atoms with Crippen LogP contribution in [-0.2, 0) is 4.79 Å². The van der Waals surface area contributed by atoms with Gasteiger partial charge in [-0.3, -0.25) is 9.59 Å². The first kappa shape index (κ1) is 19.3. The lowest BCUT2D eigenvalue weighted by atomic mass is 9.92. The van der Waals surface area contributed by atoms with Crippen molar-refractivity contribution in [3.8, 4) is 0 Å². The van der Waals surface area contributed by atoms with Gasteiger partial charge in [-0.1, -0.05) is 0 Å². The zero-order valence-electron chi connectivity index (χ0n) is 16.0. The number of halogens is 2. The van der Waals surface area contributed by atoms with E-state index in [2.05, 4.69) is 5.32 Å². The number of piperidine rings is 1. The van der Waals surface area contributed by atoms with E-state index in [0.717, 1.165) is 51.2 Å². The predicted molar refractivity (Wildman–Crippen MR) is 101 cm³/mol. The minimum Gasteiger partial charge on any atom is -0.342 e. The Bertz CT molecular complexity index is 735. The Morgan fingerprint density at radius 3 is 2.11 bits per heavy atom. The van der Waals surface area contributed by atoms with Crippen LogP contribution in [0, 0.1) is 29.4 Å². The second kappa shape index (κ2) is 8.15. The predicted octanol–water partition coefficient (Wildman–Crippen LogP) is 2.28. The number of nitrogens with one attached hydrogen (secondary N) is 1. The van der Waals surface area contributed by atoms with Gasteiger partial charge in [0.05, 0.1) is 5.56 Å². The number of rotatable bonds is 2. The highest BCUT2D eigenvalue weighted by atomic mass is 19.1. The number of nitrogens with zero attached hydrogens (tertiary/aromatic N) is 2. The van der Waals surface area contributed by atoms with Crippen LogP contribution in [0.5, 0.6) is 0 Å². The third-order valence-corrected chi connectivity index (χ3v) is 6.62. The third kappa shape index (κ3) is 3.90. The highest BCUT2D eigenvalue weighted by Crippen LogP contribution is 2.29. The molecular formula is C21H27F2N3O2. The topological polar surface area (TPSA) is 52.7 Å². The fourth-order valence-electron chi connectivity index (χ4n) is 4.86. The van der Waals surface area contributed by atoms with Crippen LogP contribution in [0.25, 0.3) is 0 Å². The van der Waals surface area contributed by atoms with Crippen LogP contribution < -0.4 is 5.32 Å². The van der Waals surface area contributed by atoms with Gasteiger partial charge in [-0.2, -0.15) is 0 Å². The molecule has 3 fully saturated rings. The molecule has 0 unspecified atom stereocenters. The quantitative estimate of drug-likeness (QED) is 0.842. The Hall–Kier alpha value is -2.02. The molecule has 3 aliphatic heterocycles. The average Bonchev–Trinajstić information content (AvgIpc) is 3.05. The maximum absolute atomic E-state index is 13.9. The van der Waals surface area contributed by atoms with E-state index in [1.165, 1.54) is 6.07 Å². The molecule has 7 heteroatoms. The molecule has 3 saturated heterocycles. The number of benzene rings is 1. The number of hydrogen-bond acceptors (Lipinski definition) is 3. The van der Waals surface area contributed by atoms with Gasteiger partial charge >= 0.3 is 0 Å². The molecule has 5 nitrogen and oxygen atoms in total. The molecule has 2 atom stereocenters. The van der Waals surface area contributed by atoms with Gasteiger partial charge in [0.2, 0.25) is 5.91 Å². The van der Waals surface area contributed by atoms with Gasteiger partial charge in [0.1, 0.15) is 11.6 Å². The van der Waals surface area contributed by atoms with Gasteiger partial charge in [-0.05, 0) is 62.7 Å². The summed E-state index contributed by atoms with van der Waals surface area (Å²) < 4.78 is 26.9. The van der Waals surface area contributed by atoms with Crippen LogP contribution in [0.15, 0.2) is 18.2 Å². The fourth-order valence-corrected chi connectivity index (χ4v) is 4.86. The van der Waals surface area contributed by atoms with Gasteiger partial charge in [0.25, 0.3) is 5.91 Å². The molecule has 0 spiro atoms. The van der Waals surface area contributed by atoms with E-state index < -0.39 is 17.5 Å². The van der Waals surface area contributed by atoms with E-state index in [1.807, 2.05) is 4.90 Å². The molecule has 0 aromatic heterocycles. The van der Waals surface area contributed by atoms with Gasteiger partial charge in [0, 0.05) is 38.2 Å². The lowest BCUT2D eigenvalue weighted by Gasteiger charge is -2.34. The van der Waals surface area contributed by atoms with Crippen LogP contribution in [0.1, 0.15) is 36.0 Å². The van der Waals surface area contributed by atoms with Crippen molar-refractivity contribution in [2.45, 2.75) is 25.7 Å². The van der Waals surface area contributed by atoms with Crippen molar-refractivity contribution in [3.05, 3.63) is 35.4 Å². The third-order valence-electron chi connectivity index (χ3n) is 6.62. The molecule has 3 heterocycles. The summed E-state index contributed by atoms with van der Waals surface area (Å²) in [4.78, 5) is 29.1. The standard InChI is InChI=1S/C21H27F2N3O2/c22-17-1-2-18(19(23)11-17)21(28)26-7-3-14(4-8-26)20(27)25-9-5-15-12-24-13-16(15)6-10-25/h1-2,11,14-16,24H,3-10,12-13H2/t15-,16+. The Morgan fingerprint density at radius 2 is 1.50 bits per heavy atom. The first-order valence-corrected chi connectivity index (χ1v) is 10.3. The first-order valence-electron chi connectivity index (χ1n) is 10.3. The van der Waals surface area contributed by atoms with Crippen LogP contribution in [0.3, 0.4) is 0 Å². The number of fused-ring (bicyclic) bond motifs is 1. The van der Waals surface area contributed by atoms with E-state index in [1.54, 1.807) is 4.90 Å². The molecule has 0 radical (unpaired) electrons. The molecule has 1 aromatic carbocycles. The highest BCUT2D eigenvalue weighted by molar-refractivity contribution is 5.94. The number of carbonyl (C=O) groups is 2. The molecule has 1 N–H and O–H groups in total. The second-order valence-electron chi connectivity index (χ2n) is 8.27. The molecule has 2 amide bonds. The van der Waals surface area contributed by atoms with E-state index in [9.17, 15) is 18.4 Å². The molecule has 0 bridgehead atoms. The summed E-state index contributed by atoms with van der Waals surface area (Å²) in [5.74, 6) is -0.473. The van der Waals surface area contributed by atoms with Crippen molar-refractivity contribution in [2.24, 2.45) is 17.8 Å². The Morgan fingerprint density at radius 1 is 0.893 bits per heavy atom. The second-order valence-corrected chi connectivity index (χ2v) is 8.27. The van der Waals surface area contributed by atoms with Gasteiger partial charge in [0.15, 0.2) is 0 Å². The van der Waals surface area contributed by atoms with Gasteiger partial charge in [-0.15, -0.1) is 0 Å². The van der Waals surface area contributed by atoms with Crippen molar-refractivity contribution >= 4 is 11.8 Å². The average molecular weight is 391 g/mol. The number of carbonyl (C=O) groups excluding carboxylic acids is 2. The van der Waals surface area contributed by atoms with Crippen molar-refractivity contribution in [1.82, 2.24) is 15.1 Å². The summed E-state index contributed by atoms with van der Waals surface area (Å²) in [7, 11) is 0. The van der Waals surface area contributed by atoms with Crippen LogP contribution in [-0.4, -0.2) is 60.9 Å². The molecular weight excluding hydrogens is 364 g/mol. The summed E-state index contributed by atoms with van der Waals surface area (Å²) in [6.07, 6.45) is 3.31. The Labute approximate surface area is 164 Å². The summed E-state index contributed by atoms with van der Waals surface area (Å²) >= 11 is 0. The molecule has 0 aliphatic carbocycles. The molecule has 0 saturated carbocycles.